The topological polar surface area (TPSA) is 20.3 Å². The van der Waals surface area contributed by atoms with Gasteiger partial charge in [0.1, 0.15) is 0 Å². The molecule has 1 saturated heterocycles. The van der Waals surface area contributed by atoms with Crippen molar-refractivity contribution in [2.24, 2.45) is 0 Å². The number of ketones is 1. The number of rotatable bonds is 0. The first-order valence-electron chi connectivity index (χ1n) is 2.81. The maximum atomic E-state index is 10.7. The molecule has 0 aliphatic carbocycles. The van der Waals surface area contributed by atoms with Crippen LogP contribution in [0.1, 0.15) is 0 Å². The molecule has 8 heavy (non-hydrogen) atoms. The van der Waals surface area contributed by atoms with E-state index >= 15 is 0 Å². The quantitative estimate of drug-likeness (QED) is 0.429. The van der Waals surface area contributed by atoms with Crippen LogP contribution in [0.2, 0.25) is 0 Å². The third-order valence-electron chi connectivity index (χ3n) is 1.72. The number of carbonyl (C=O) groups is 1. The van der Waals surface area contributed by atoms with E-state index < -0.39 is 0 Å². The number of nitrogens with zero attached hydrogens (tertiary/aromatic N) is 1. The first-order chi connectivity index (χ1) is 3.86. The van der Waals surface area contributed by atoms with Gasteiger partial charge in [0, 0.05) is 18.7 Å². The molecule has 0 N–H and O–H groups in total. The van der Waals surface area contributed by atoms with Gasteiger partial charge in [-0.25, -0.2) is 0 Å². The molecule has 0 radical (unpaired) electrons. The Morgan fingerprint density at radius 1 is 1.50 bits per heavy atom. The summed E-state index contributed by atoms with van der Waals surface area (Å²) < 4.78 is 0. The van der Waals surface area contributed by atoms with E-state index in [1.54, 1.807) is 0 Å². The summed E-state index contributed by atoms with van der Waals surface area (Å²) in [6.45, 7) is 2.59. The predicted octanol–water partition coefficient (Wildman–Crippen LogP) is -0.189. The third kappa shape index (κ3) is 0.383. The SMILES string of the molecule is O=C1CN2CC=C1C2. The van der Waals surface area contributed by atoms with Gasteiger partial charge in [-0.05, 0) is 0 Å². The van der Waals surface area contributed by atoms with E-state index in [1.165, 1.54) is 0 Å². The lowest BCUT2D eigenvalue weighted by atomic mass is 10.2. The number of hydrogen-bond acceptors (Lipinski definition) is 2. The number of fused-ring (bicyclic) bond motifs is 2. The predicted molar refractivity (Wildman–Crippen MR) is 29.5 cm³/mol. The molecule has 0 amide bonds. The summed E-state index contributed by atoms with van der Waals surface area (Å²) >= 11 is 0. The first kappa shape index (κ1) is 4.27. The van der Waals surface area contributed by atoms with Gasteiger partial charge in [0.25, 0.3) is 0 Å². The summed E-state index contributed by atoms with van der Waals surface area (Å²) in [5.41, 5.74) is 1.03. The molecule has 2 bridgehead atoms. The second kappa shape index (κ2) is 1.20. The molecule has 0 aromatic carbocycles. The third-order valence-corrected chi connectivity index (χ3v) is 1.72. The van der Waals surface area contributed by atoms with Crippen LogP contribution in [-0.2, 0) is 4.79 Å². The van der Waals surface area contributed by atoms with Gasteiger partial charge in [-0.2, -0.15) is 0 Å². The number of hydrogen-bond donors (Lipinski definition) is 0. The fourth-order valence-electron chi connectivity index (χ4n) is 1.24. The minimum Gasteiger partial charge on any atom is -0.293 e. The average Bonchev–Trinajstić information content (AvgIpc) is 2.23. The zero-order chi connectivity index (χ0) is 5.56. The van der Waals surface area contributed by atoms with Crippen molar-refractivity contribution in [2.45, 2.75) is 0 Å². The zero-order valence-corrected chi connectivity index (χ0v) is 4.55. The second-order valence-corrected chi connectivity index (χ2v) is 2.32. The van der Waals surface area contributed by atoms with E-state index in [0.29, 0.717) is 12.3 Å². The molecule has 0 saturated carbocycles. The van der Waals surface area contributed by atoms with Crippen molar-refractivity contribution in [3.05, 3.63) is 11.6 Å². The molecule has 1 fully saturated rings. The van der Waals surface area contributed by atoms with Gasteiger partial charge < -0.3 is 0 Å². The van der Waals surface area contributed by atoms with E-state index in [4.69, 9.17) is 0 Å². The van der Waals surface area contributed by atoms with Crippen LogP contribution in [0.25, 0.3) is 0 Å². The van der Waals surface area contributed by atoms with Gasteiger partial charge in [0.05, 0.1) is 6.54 Å². The Labute approximate surface area is 47.8 Å². The summed E-state index contributed by atoms with van der Waals surface area (Å²) in [6.07, 6.45) is 2.02. The maximum absolute atomic E-state index is 10.7. The summed E-state index contributed by atoms with van der Waals surface area (Å²) in [4.78, 5) is 12.9. The van der Waals surface area contributed by atoms with Crippen LogP contribution in [0, 0.1) is 0 Å². The van der Waals surface area contributed by atoms with Gasteiger partial charge in [-0.1, -0.05) is 6.08 Å². The zero-order valence-electron chi connectivity index (χ0n) is 4.55. The van der Waals surface area contributed by atoms with Crippen LogP contribution in [0.5, 0.6) is 0 Å². The number of carbonyl (C=O) groups excluding carboxylic acids is 1. The van der Waals surface area contributed by atoms with Crippen molar-refractivity contribution in [3.63, 3.8) is 0 Å². The summed E-state index contributed by atoms with van der Waals surface area (Å²) in [6, 6.07) is 0. The first-order valence-corrected chi connectivity index (χ1v) is 2.81. The Morgan fingerprint density at radius 3 is 2.62 bits per heavy atom. The molecule has 2 heteroatoms. The van der Waals surface area contributed by atoms with E-state index in [0.717, 1.165) is 18.7 Å². The van der Waals surface area contributed by atoms with Crippen molar-refractivity contribution in [3.8, 4) is 0 Å². The Hall–Kier alpha value is -0.630. The fourth-order valence-corrected chi connectivity index (χ4v) is 1.24. The standard InChI is InChI=1S/C6H7NO/c8-6-4-7-2-1-5(6)3-7/h1H,2-4H2. The van der Waals surface area contributed by atoms with Crippen molar-refractivity contribution in [1.82, 2.24) is 4.90 Å². The van der Waals surface area contributed by atoms with Crippen molar-refractivity contribution < 1.29 is 4.79 Å². The Morgan fingerprint density at radius 2 is 2.38 bits per heavy atom. The molecular weight excluding hydrogens is 102 g/mol. The van der Waals surface area contributed by atoms with E-state index in [-0.39, 0.29) is 0 Å². The lowest BCUT2D eigenvalue weighted by molar-refractivity contribution is -0.114. The largest absolute Gasteiger partial charge is 0.293 e. The van der Waals surface area contributed by atoms with Crippen LogP contribution < -0.4 is 0 Å². The minimum atomic E-state index is 0.330. The van der Waals surface area contributed by atoms with E-state index in [2.05, 4.69) is 4.90 Å². The molecule has 2 nitrogen and oxygen atoms in total. The van der Waals surface area contributed by atoms with E-state index in [9.17, 15) is 4.79 Å². The molecule has 42 valence electrons. The van der Waals surface area contributed by atoms with Crippen molar-refractivity contribution in [1.29, 1.82) is 0 Å². The molecule has 2 rings (SSSR count). The highest BCUT2D eigenvalue weighted by atomic mass is 16.1. The molecule has 2 heterocycles. The average molecular weight is 109 g/mol. The molecule has 1 atom stereocenters. The summed E-state index contributed by atoms with van der Waals surface area (Å²) in [5, 5.41) is 0. The van der Waals surface area contributed by atoms with Crippen LogP contribution in [0.4, 0.5) is 0 Å². The monoisotopic (exact) mass is 109 g/mol. The second-order valence-electron chi connectivity index (χ2n) is 2.32. The molecule has 1 unspecified atom stereocenters. The smallest absolute Gasteiger partial charge is 0.173 e. The van der Waals surface area contributed by atoms with Gasteiger partial charge in [-0.3, -0.25) is 9.69 Å². The normalized spacial score (nSPS) is 33.8. The van der Waals surface area contributed by atoms with Crippen molar-refractivity contribution in [2.75, 3.05) is 19.6 Å². The fraction of sp³-hybridized carbons (Fsp3) is 0.500. The molecule has 0 spiro atoms. The lowest BCUT2D eigenvalue weighted by Gasteiger charge is -2.05. The van der Waals surface area contributed by atoms with Gasteiger partial charge in [0.2, 0.25) is 0 Å². The minimum absolute atomic E-state index is 0.330. The summed E-state index contributed by atoms with van der Waals surface area (Å²) in [5.74, 6) is 0.330. The summed E-state index contributed by atoms with van der Waals surface area (Å²) in [7, 11) is 0. The Kier molecular flexibility index (Phi) is 0.641. The van der Waals surface area contributed by atoms with Gasteiger partial charge in [0.15, 0.2) is 5.78 Å². The van der Waals surface area contributed by atoms with Crippen LogP contribution in [-0.4, -0.2) is 30.3 Å². The van der Waals surface area contributed by atoms with Crippen molar-refractivity contribution >= 4 is 5.78 Å². The van der Waals surface area contributed by atoms with Crippen LogP contribution >= 0.6 is 0 Å². The lowest BCUT2D eigenvalue weighted by Crippen LogP contribution is -2.19. The van der Waals surface area contributed by atoms with Gasteiger partial charge in [-0.15, -0.1) is 0 Å². The highest BCUT2D eigenvalue weighted by Gasteiger charge is 2.28. The van der Waals surface area contributed by atoms with Gasteiger partial charge >= 0.3 is 0 Å². The highest BCUT2D eigenvalue weighted by molar-refractivity contribution is 6.00. The van der Waals surface area contributed by atoms with Crippen LogP contribution in [0.3, 0.4) is 0 Å². The Balaban J connectivity index is 2.40. The molecule has 0 aromatic rings. The van der Waals surface area contributed by atoms with E-state index in [1.807, 2.05) is 6.08 Å². The molecule has 2 aliphatic rings. The highest BCUT2D eigenvalue weighted by Crippen LogP contribution is 2.17. The number of Topliss-reactive ketones (excluding diaryl/α,β-unsaturated/α-hetero) is 1. The maximum Gasteiger partial charge on any atom is 0.173 e. The molecule has 2 aliphatic heterocycles. The molecule has 0 aromatic heterocycles. The molecular formula is C6H7NO. The Bertz CT molecular complexity index is 169. The van der Waals surface area contributed by atoms with Crippen LogP contribution in [0.15, 0.2) is 11.6 Å².